The molecule has 82 valence electrons. The molecule has 0 amide bonds. The smallest absolute Gasteiger partial charge is 0.319 e. The molecule has 0 unspecified atom stereocenters. The van der Waals surface area contributed by atoms with E-state index in [1.807, 2.05) is 0 Å². The highest BCUT2D eigenvalue weighted by atomic mass is 79.9. The van der Waals surface area contributed by atoms with E-state index in [0.717, 1.165) is 0 Å². The van der Waals surface area contributed by atoms with Gasteiger partial charge in [-0.05, 0) is 6.92 Å². The summed E-state index contributed by atoms with van der Waals surface area (Å²) < 4.78 is 3.33. The van der Waals surface area contributed by atoms with Gasteiger partial charge in [0.2, 0.25) is 3.79 Å². The normalized spacial score (nSPS) is 15.8. The molecule has 0 saturated heterocycles. The summed E-state index contributed by atoms with van der Waals surface area (Å²) in [4.78, 5) is 10.8. The highest BCUT2D eigenvalue weighted by Crippen LogP contribution is 2.34. The van der Waals surface area contributed by atoms with Crippen molar-refractivity contribution < 1.29 is 9.53 Å². The molecule has 0 aromatic carbocycles. The molecular weight excluding hydrogens is 314 g/mol. The summed E-state index contributed by atoms with van der Waals surface area (Å²) in [7, 11) is 0. The lowest BCUT2D eigenvalue weighted by Crippen LogP contribution is -2.32. The van der Waals surface area contributed by atoms with Crippen molar-refractivity contribution in [2.45, 2.75) is 28.1 Å². The van der Waals surface area contributed by atoms with Gasteiger partial charge in [-0.25, -0.2) is 0 Å². The lowest BCUT2D eigenvalue weighted by atomic mass is 10.3. The number of hydrogen-bond acceptors (Lipinski definition) is 2. The second-order valence-electron chi connectivity index (χ2n) is 2.61. The molecule has 0 N–H and O–H groups in total. The Hall–Kier alpha value is 0.560. The summed E-state index contributed by atoms with van der Waals surface area (Å²) in [6.07, 6.45) is 1.01. The van der Waals surface area contributed by atoms with Crippen molar-refractivity contribution in [1.82, 2.24) is 0 Å². The van der Waals surface area contributed by atoms with Gasteiger partial charge < -0.3 is 4.74 Å². The standard InChI is InChI=1S/C8H10BrCl3O2/c1-3-4-6(8(10,11)12)14-7(13)5(2)9/h3,5-6H,1,4H2,2H3/t5-,6-/m0/s1. The number of esters is 1. The quantitative estimate of drug-likeness (QED) is 0.448. The summed E-state index contributed by atoms with van der Waals surface area (Å²) in [6.45, 7) is 5.12. The van der Waals surface area contributed by atoms with Crippen molar-refractivity contribution in [3.05, 3.63) is 12.7 Å². The lowest BCUT2D eigenvalue weighted by molar-refractivity contribution is -0.147. The van der Waals surface area contributed by atoms with Crippen LogP contribution in [0.4, 0.5) is 0 Å². The van der Waals surface area contributed by atoms with Gasteiger partial charge in [-0.1, -0.05) is 56.8 Å². The van der Waals surface area contributed by atoms with Gasteiger partial charge in [-0.3, -0.25) is 4.79 Å². The van der Waals surface area contributed by atoms with E-state index in [1.54, 1.807) is 6.92 Å². The van der Waals surface area contributed by atoms with E-state index < -0.39 is 20.7 Å². The van der Waals surface area contributed by atoms with Crippen LogP contribution in [0.2, 0.25) is 0 Å². The molecule has 0 bridgehead atoms. The van der Waals surface area contributed by atoms with Crippen molar-refractivity contribution in [3.63, 3.8) is 0 Å². The van der Waals surface area contributed by atoms with Gasteiger partial charge in [-0.2, -0.15) is 0 Å². The first-order valence-corrected chi connectivity index (χ1v) is 5.86. The third-order valence-electron chi connectivity index (χ3n) is 1.33. The van der Waals surface area contributed by atoms with Crippen molar-refractivity contribution in [1.29, 1.82) is 0 Å². The molecule has 0 saturated carbocycles. The van der Waals surface area contributed by atoms with Gasteiger partial charge in [-0.15, -0.1) is 6.58 Å². The number of carbonyl (C=O) groups excluding carboxylic acids is 1. The molecule has 0 aliphatic rings. The number of ether oxygens (including phenoxy) is 1. The van der Waals surface area contributed by atoms with Crippen LogP contribution in [0.15, 0.2) is 12.7 Å². The third kappa shape index (κ3) is 5.44. The number of carbonyl (C=O) groups is 1. The summed E-state index contributed by atoms with van der Waals surface area (Å²) in [5, 5.41) is 0. The zero-order chi connectivity index (χ0) is 11.4. The zero-order valence-corrected chi connectivity index (χ0v) is 11.3. The fourth-order valence-corrected chi connectivity index (χ4v) is 1.14. The van der Waals surface area contributed by atoms with Crippen LogP contribution in [0, 0.1) is 0 Å². The van der Waals surface area contributed by atoms with E-state index in [-0.39, 0.29) is 0 Å². The predicted molar refractivity (Wildman–Crippen MR) is 63.4 cm³/mol. The van der Waals surface area contributed by atoms with Gasteiger partial charge in [0.05, 0.1) is 0 Å². The maximum absolute atomic E-state index is 11.2. The fraction of sp³-hybridized carbons (Fsp3) is 0.625. The van der Waals surface area contributed by atoms with E-state index in [2.05, 4.69) is 22.5 Å². The number of halogens is 4. The number of rotatable bonds is 4. The molecule has 0 spiro atoms. The summed E-state index contributed by atoms with van der Waals surface area (Å²) in [5.74, 6) is -0.469. The third-order valence-corrected chi connectivity index (χ3v) is 2.43. The Morgan fingerprint density at radius 1 is 1.64 bits per heavy atom. The van der Waals surface area contributed by atoms with E-state index in [0.29, 0.717) is 6.42 Å². The minimum atomic E-state index is -1.63. The SMILES string of the molecule is C=CC[C@H](OC(=O)[C@H](C)Br)C(Cl)(Cl)Cl. The average molecular weight is 324 g/mol. The highest BCUT2D eigenvalue weighted by Gasteiger charge is 2.35. The maximum Gasteiger partial charge on any atom is 0.319 e. The van der Waals surface area contributed by atoms with Crippen LogP contribution in [0.5, 0.6) is 0 Å². The van der Waals surface area contributed by atoms with Gasteiger partial charge in [0.1, 0.15) is 4.83 Å². The van der Waals surface area contributed by atoms with Gasteiger partial charge in [0, 0.05) is 6.42 Å². The van der Waals surface area contributed by atoms with Crippen LogP contribution in [0.25, 0.3) is 0 Å². The van der Waals surface area contributed by atoms with Crippen LogP contribution in [0.1, 0.15) is 13.3 Å². The summed E-state index contributed by atoms with van der Waals surface area (Å²) in [5.41, 5.74) is 0. The summed E-state index contributed by atoms with van der Waals surface area (Å²) >= 11 is 19.9. The predicted octanol–water partition coefficient (Wildman–Crippen LogP) is 3.63. The first-order valence-electron chi connectivity index (χ1n) is 3.81. The number of hydrogen-bond donors (Lipinski definition) is 0. The van der Waals surface area contributed by atoms with E-state index >= 15 is 0 Å². The van der Waals surface area contributed by atoms with Gasteiger partial charge >= 0.3 is 5.97 Å². The van der Waals surface area contributed by atoms with Gasteiger partial charge in [0.15, 0.2) is 6.10 Å². The molecule has 0 fully saturated rings. The topological polar surface area (TPSA) is 26.3 Å². The lowest BCUT2D eigenvalue weighted by Gasteiger charge is -2.23. The zero-order valence-electron chi connectivity index (χ0n) is 7.47. The molecule has 0 aliphatic carbocycles. The first kappa shape index (κ1) is 14.6. The van der Waals surface area contributed by atoms with Crippen LogP contribution >= 0.6 is 50.7 Å². The largest absolute Gasteiger partial charge is 0.457 e. The molecule has 0 aliphatic heterocycles. The summed E-state index contributed by atoms with van der Waals surface area (Å²) in [6, 6.07) is 0. The van der Waals surface area contributed by atoms with E-state index in [4.69, 9.17) is 39.5 Å². The van der Waals surface area contributed by atoms with Crippen LogP contribution < -0.4 is 0 Å². The van der Waals surface area contributed by atoms with Crippen molar-refractivity contribution in [3.8, 4) is 0 Å². The molecule has 0 aromatic rings. The molecule has 0 aromatic heterocycles. The maximum atomic E-state index is 11.2. The van der Waals surface area contributed by atoms with Crippen LogP contribution in [-0.4, -0.2) is 20.7 Å². The molecule has 0 heterocycles. The minimum Gasteiger partial charge on any atom is -0.457 e. The molecule has 2 nitrogen and oxygen atoms in total. The Kier molecular flexibility index (Phi) is 6.46. The Labute approximate surface area is 107 Å². The monoisotopic (exact) mass is 322 g/mol. The Bertz CT molecular complexity index is 213. The first-order chi connectivity index (χ1) is 6.29. The van der Waals surface area contributed by atoms with E-state index in [9.17, 15) is 4.79 Å². The molecule has 14 heavy (non-hydrogen) atoms. The van der Waals surface area contributed by atoms with Crippen molar-refractivity contribution >= 4 is 56.7 Å². The molecule has 0 radical (unpaired) electrons. The second kappa shape index (κ2) is 6.21. The Morgan fingerprint density at radius 3 is 2.43 bits per heavy atom. The van der Waals surface area contributed by atoms with Crippen LogP contribution in [-0.2, 0) is 9.53 Å². The van der Waals surface area contributed by atoms with Crippen molar-refractivity contribution in [2.75, 3.05) is 0 Å². The minimum absolute atomic E-state index is 0.294. The van der Waals surface area contributed by atoms with Crippen molar-refractivity contribution in [2.24, 2.45) is 0 Å². The van der Waals surface area contributed by atoms with E-state index in [1.165, 1.54) is 6.08 Å². The molecular formula is C8H10BrCl3O2. The molecule has 2 atom stereocenters. The molecule has 6 heteroatoms. The number of alkyl halides is 4. The van der Waals surface area contributed by atoms with Crippen LogP contribution in [0.3, 0.4) is 0 Å². The Morgan fingerprint density at radius 2 is 2.14 bits per heavy atom. The Balaban J connectivity index is 4.38. The highest BCUT2D eigenvalue weighted by molar-refractivity contribution is 9.10. The second-order valence-corrected chi connectivity index (χ2v) is 6.35. The fourth-order valence-electron chi connectivity index (χ4n) is 0.634. The average Bonchev–Trinajstić information content (AvgIpc) is 2.01. The van der Waals surface area contributed by atoms with Gasteiger partial charge in [0.25, 0.3) is 0 Å². The molecule has 0 rings (SSSR count).